The molecule has 0 heterocycles. The van der Waals surface area contributed by atoms with Crippen LogP contribution in [0.5, 0.6) is 5.75 Å². The van der Waals surface area contributed by atoms with Crippen molar-refractivity contribution in [1.82, 2.24) is 0 Å². The maximum absolute atomic E-state index is 9.70. The summed E-state index contributed by atoms with van der Waals surface area (Å²) in [4.78, 5) is 4.38. The van der Waals surface area contributed by atoms with Gasteiger partial charge in [0.25, 0.3) is 0 Å². The molecule has 4 nitrogen and oxygen atoms in total. The number of rotatable bonds is 7. The Balaban J connectivity index is 2.36. The van der Waals surface area contributed by atoms with Gasteiger partial charge in [-0.1, -0.05) is 23.9 Å². The van der Waals surface area contributed by atoms with Crippen molar-refractivity contribution >= 4 is 29.1 Å². The number of nitrogens with zero attached hydrogens (tertiary/aromatic N) is 1. The van der Waals surface area contributed by atoms with Gasteiger partial charge in [0.2, 0.25) is 0 Å². The summed E-state index contributed by atoms with van der Waals surface area (Å²) in [6.45, 7) is -0.237. The maximum atomic E-state index is 9.70. The molecule has 0 unspecified atom stereocenters. The number of halogens is 1. The lowest BCUT2D eigenvalue weighted by atomic mass is 9.82. The van der Waals surface area contributed by atoms with E-state index in [1.807, 2.05) is 6.26 Å². The maximum Gasteiger partial charge on any atom is 0.169 e. The lowest BCUT2D eigenvalue weighted by Crippen LogP contribution is -2.27. The molecular formula is C18H21ClN2O2S. The predicted molar refractivity (Wildman–Crippen MR) is 101 cm³/mol. The first-order valence-electron chi connectivity index (χ1n) is 7.67. The van der Waals surface area contributed by atoms with Crippen LogP contribution in [0.15, 0.2) is 34.6 Å². The Morgan fingerprint density at radius 3 is 2.79 bits per heavy atom. The monoisotopic (exact) mass is 364 g/mol. The van der Waals surface area contributed by atoms with Crippen LogP contribution in [0.3, 0.4) is 0 Å². The van der Waals surface area contributed by atoms with Crippen LogP contribution in [0.25, 0.3) is 0 Å². The molecule has 1 fully saturated rings. The van der Waals surface area contributed by atoms with Crippen LogP contribution in [-0.4, -0.2) is 29.6 Å². The molecule has 0 spiro atoms. The second-order valence-corrected chi connectivity index (χ2v) is 6.72. The molecule has 0 saturated heterocycles. The topological polar surface area (TPSA) is 67.8 Å². The Labute approximate surface area is 152 Å². The van der Waals surface area contributed by atoms with Gasteiger partial charge in [-0.05, 0) is 31.2 Å². The second-order valence-electron chi connectivity index (χ2n) is 5.48. The van der Waals surface area contributed by atoms with Gasteiger partial charge >= 0.3 is 0 Å². The number of hydrogen-bond donors (Lipinski definition) is 2. The fraction of sp³-hybridized carbons (Fsp3) is 0.389. The quantitative estimate of drug-likeness (QED) is 0.442. The molecule has 1 aliphatic rings. The molecule has 128 valence electrons. The summed E-state index contributed by atoms with van der Waals surface area (Å²) >= 11 is 7.69. The van der Waals surface area contributed by atoms with Crippen LogP contribution in [0, 0.1) is 18.3 Å². The number of terminal acetylenes is 1. The molecule has 6 heteroatoms. The van der Waals surface area contributed by atoms with Gasteiger partial charge in [0.1, 0.15) is 11.5 Å². The zero-order valence-corrected chi connectivity index (χ0v) is 15.2. The highest BCUT2D eigenvalue weighted by atomic mass is 35.5. The third kappa shape index (κ3) is 4.47. The highest BCUT2D eigenvalue weighted by Crippen LogP contribution is 2.33. The van der Waals surface area contributed by atoms with Gasteiger partial charge in [-0.2, -0.15) is 0 Å². The molecule has 0 atom stereocenters. The number of aliphatic hydroxyl groups excluding tert-OH is 1. The molecule has 1 saturated carbocycles. The molecule has 1 aliphatic carbocycles. The molecule has 0 radical (unpaired) electrons. The third-order valence-electron chi connectivity index (χ3n) is 3.92. The minimum Gasteiger partial charge on any atom is -0.453 e. The molecule has 2 rings (SSSR count). The lowest BCUT2D eigenvalue weighted by Gasteiger charge is -2.28. The van der Waals surface area contributed by atoms with Crippen LogP contribution in [0.1, 0.15) is 24.8 Å². The average molecular weight is 365 g/mol. The van der Waals surface area contributed by atoms with E-state index in [4.69, 9.17) is 28.5 Å². The molecule has 24 heavy (non-hydrogen) atoms. The first kappa shape index (κ1) is 18.7. The first-order chi connectivity index (χ1) is 11.6. The minimum atomic E-state index is -0.237. The zero-order valence-electron chi connectivity index (χ0n) is 13.6. The van der Waals surface area contributed by atoms with Crippen molar-refractivity contribution in [1.29, 1.82) is 0 Å². The van der Waals surface area contributed by atoms with Gasteiger partial charge in [0.05, 0.1) is 23.2 Å². The molecule has 1 aromatic rings. The van der Waals surface area contributed by atoms with Crippen molar-refractivity contribution < 1.29 is 9.84 Å². The van der Waals surface area contributed by atoms with E-state index in [-0.39, 0.29) is 12.5 Å². The SMILES string of the molecule is C#Cc1ccc(OC(/C(CO)=N/CSC)=C(/N)C2CCC2)cc1Cl. The van der Waals surface area contributed by atoms with Crippen molar-refractivity contribution in [2.24, 2.45) is 16.6 Å². The number of thioether (sulfide) groups is 1. The normalized spacial score (nSPS) is 16.2. The summed E-state index contributed by atoms with van der Waals surface area (Å²) < 4.78 is 5.97. The van der Waals surface area contributed by atoms with Gasteiger partial charge < -0.3 is 15.6 Å². The van der Waals surface area contributed by atoms with E-state index in [0.29, 0.717) is 39.4 Å². The van der Waals surface area contributed by atoms with Crippen LogP contribution < -0.4 is 10.5 Å². The van der Waals surface area contributed by atoms with Gasteiger partial charge in [-0.15, -0.1) is 18.2 Å². The predicted octanol–water partition coefficient (Wildman–Crippen LogP) is 3.42. The molecule has 1 aromatic carbocycles. The standard InChI is InChI=1S/C18H21ClN2O2S/c1-3-12-7-8-14(9-15(12)19)23-18(16(10-22)21-11-24-2)17(20)13-5-4-6-13/h1,7-9,13,22H,4-6,10-11,20H2,2H3/b18-17+,21-16+. The molecule has 3 N–H and O–H groups in total. The molecule has 0 bridgehead atoms. The number of ether oxygens (including phenoxy) is 1. The van der Waals surface area contributed by atoms with Crippen molar-refractivity contribution in [3.8, 4) is 18.1 Å². The summed E-state index contributed by atoms with van der Waals surface area (Å²) in [6.07, 6.45) is 10.5. The smallest absolute Gasteiger partial charge is 0.169 e. The fourth-order valence-corrected chi connectivity index (χ4v) is 2.83. The number of benzene rings is 1. The van der Waals surface area contributed by atoms with Crippen LogP contribution in [0.2, 0.25) is 5.02 Å². The minimum absolute atomic E-state index is 0.237. The summed E-state index contributed by atoms with van der Waals surface area (Å²) in [6, 6.07) is 5.10. The summed E-state index contributed by atoms with van der Waals surface area (Å²) in [5, 5.41) is 10.1. The average Bonchev–Trinajstić information content (AvgIpc) is 2.52. The van der Waals surface area contributed by atoms with Gasteiger partial charge in [0.15, 0.2) is 5.76 Å². The van der Waals surface area contributed by atoms with Crippen LogP contribution in [0.4, 0.5) is 0 Å². The molecule has 0 amide bonds. The Morgan fingerprint density at radius 1 is 1.54 bits per heavy atom. The van der Waals surface area contributed by atoms with Crippen molar-refractivity contribution in [2.75, 3.05) is 18.7 Å². The van der Waals surface area contributed by atoms with Gasteiger partial charge in [0, 0.05) is 17.5 Å². The van der Waals surface area contributed by atoms with Crippen molar-refractivity contribution in [2.45, 2.75) is 19.3 Å². The number of allylic oxidation sites excluding steroid dienone is 1. The number of aliphatic imine (C=N–C) groups is 1. The van der Waals surface area contributed by atoms with E-state index >= 15 is 0 Å². The molecule has 0 aliphatic heterocycles. The van der Waals surface area contributed by atoms with E-state index in [0.717, 1.165) is 19.3 Å². The summed E-state index contributed by atoms with van der Waals surface area (Å²) in [7, 11) is 0. The van der Waals surface area contributed by atoms with E-state index in [1.54, 1.807) is 30.0 Å². The Hall–Kier alpha value is -1.61. The van der Waals surface area contributed by atoms with Crippen LogP contribution in [-0.2, 0) is 0 Å². The van der Waals surface area contributed by atoms with Gasteiger partial charge in [-0.3, -0.25) is 4.99 Å². The van der Waals surface area contributed by atoms with Crippen LogP contribution >= 0.6 is 23.4 Å². The summed E-state index contributed by atoms with van der Waals surface area (Å²) in [5.41, 5.74) is 7.98. The Kier molecular flexibility index (Phi) is 7.04. The van der Waals surface area contributed by atoms with Gasteiger partial charge in [-0.25, -0.2) is 0 Å². The highest BCUT2D eigenvalue weighted by molar-refractivity contribution is 7.98. The second kappa shape index (κ2) is 9.03. The van der Waals surface area contributed by atoms with E-state index in [9.17, 15) is 5.11 Å². The summed E-state index contributed by atoms with van der Waals surface area (Å²) in [5.74, 6) is 4.25. The van der Waals surface area contributed by atoms with E-state index in [2.05, 4.69) is 10.9 Å². The highest BCUT2D eigenvalue weighted by Gasteiger charge is 2.26. The fourth-order valence-electron chi connectivity index (χ4n) is 2.32. The lowest BCUT2D eigenvalue weighted by molar-refractivity contribution is 0.331. The Morgan fingerprint density at radius 2 is 2.29 bits per heavy atom. The molecule has 0 aromatic heterocycles. The largest absolute Gasteiger partial charge is 0.453 e. The van der Waals surface area contributed by atoms with E-state index in [1.165, 1.54) is 0 Å². The third-order valence-corrected chi connectivity index (χ3v) is 4.62. The van der Waals surface area contributed by atoms with Crippen molar-refractivity contribution in [3.63, 3.8) is 0 Å². The number of nitrogens with two attached hydrogens (primary N) is 1. The van der Waals surface area contributed by atoms with E-state index < -0.39 is 0 Å². The van der Waals surface area contributed by atoms with Crippen molar-refractivity contribution in [3.05, 3.63) is 40.2 Å². The Bertz CT molecular complexity index is 691. The molecular weight excluding hydrogens is 344 g/mol. The number of hydrogen-bond acceptors (Lipinski definition) is 5. The number of aliphatic hydroxyl groups is 1. The zero-order chi connectivity index (χ0) is 17.5. The first-order valence-corrected chi connectivity index (χ1v) is 9.45.